The van der Waals surface area contributed by atoms with Crippen molar-refractivity contribution in [3.63, 3.8) is 0 Å². The number of carbonyl (C=O) groups is 2. The summed E-state index contributed by atoms with van der Waals surface area (Å²) >= 11 is 1.55. The Morgan fingerprint density at radius 3 is 2.71 bits per heavy atom. The monoisotopic (exact) mass is 348 g/mol. The SMILES string of the molecule is COC(=O)CCNC(=O)c1ccccc1SCc1c(C)noc1C. The Hall–Kier alpha value is -2.28. The van der Waals surface area contributed by atoms with Gasteiger partial charge in [-0.15, -0.1) is 11.8 Å². The Balaban J connectivity index is 2.01. The highest BCUT2D eigenvalue weighted by Crippen LogP contribution is 2.28. The molecule has 0 bridgehead atoms. The van der Waals surface area contributed by atoms with Crippen LogP contribution in [0.15, 0.2) is 33.7 Å². The molecule has 2 rings (SSSR count). The number of aryl methyl sites for hydroxylation is 2. The van der Waals surface area contributed by atoms with E-state index in [1.54, 1.807) is 17.8 Å². The minimum Gasteiger partial charge on any atom is -0.469 e. The number of ether oxygens (including phenoxy) is 1. The second kappa shape index (κ2) is 8.54. The fourth-order valence-corrected chi connectivity index (χ4v) is 3.32. The third kappa shape index (κ3) is 4.61. The lowest BCUT2D eigenvalue weighted by Crippen LogP contribution is -2.26. The molecule has 1 heterocycles. The van der Waals surface area contributed by atoms with E-state index in [9.17, 15) is 9.59 Å². The van der Waals surface area contributed by atoms with E-state index in [1.807, 2.05) is 32.0 Å². The molecule has 128 valence electrons. The summed E-state index contributed by atoms with van der Waals surface area (Å²) in [6.07, 6.45) is 0.149. The van der Waals surface area contributed by atoms with Crippen LogP contribution in [-0.4, -0.2) is 30.7 Å². The van der Waals surface area contributed by atoms with Crippen LogP contribution in [0.25, 0.3) is 0 Å². The van der Waals surface area contributed by atoms with Crippen LogP contribution in [0.5, 0.6) is 0 Å². The summed E-state index contributed by atoms with van der Waals surface area (Å²) in [5, 5.41) is 6.68. The smallest absolute Gasteiger partial charge is 0.307 e. The van der Waals surface area contributed by atoms with E-state index in [0.717, 1.165) is 21.9 Å². The van der Waals surface area contributed by atoms with E-state index in [2.05, 4.69) is 15.2 Å². The number of hydrogen-bond acceptors (Lipinski definition) is 6. The van der Waals surface area contributed by atoms with E-state index < -0.39 is 0 Å². The number of nitrogens with zero attached hydrogens (tertiary/aromatic N) is 1. The van der Waals surface area contributed by atoms with Gasteiger partial charge in [0.1, 0.15) is 5.76 Å². The first-order valence-electron chi connectivity index (χ1n) is 7.51. The van der Waals surface area contributed by atoms with Crippen molar-refractivity contribution in [1.29, 1.82) is 0 Å². The Morgan fingerprint density at radius 2 is 2.04 bits per heavy atom. The van der Waals surface area contributed by atoms with Crippen molar-refractivity contribution < 1.29 is 18.8 Å². The molecule has 0 saturated heterocycles. The second-order valence-corrected chi connectivity index (χ2v) is 6.19. The molecule has 0 aliphatic heterocycles. The first-order valence-corrected chi connectivity index (χ1v) is 8.50. The number of methoxy groups -OCH3 is 1. The van der Waals surface area contributed by atoms with Crippen LogP contribution >= 0.6 is 11.8 Å². The highest BCUT2D eigenvalue weighted by atomic mass is 32.2. The zero-order valence-corrected chi connectivity index (χ0v) is 14.7. The average Bonchev–Trinajstić information content (AvgIpc) is 2.91. The van der Waals surface area contributed by atoms with Crippen LogP contribution in [0.1, 0.15) is 33.8 Å². The molecule has 2 aromatic rings. The van der Waals surface area contributed by atoms with Gasteiger partial charge in [-0.05, 0) is 26.0 Å². The molecule has 0 fully saturated rings. The van der Waals surface area contributed by atoms with E-state index in [-0.39, 0.29) is 24.8 Å². The number of rotatable bonds is 7. The number of amides is 1. The van der Waals surface area contributed by atoms with E-state index in [4.69, 9.17) is 4.52 Å². The van der Waals surface area contributed by atoms with Gasteiger partial charge in [0.05, 0.1) is 24.8 Å². The van der Waals surface area contributed by atoms with Gasteiger partial charge in [-0.3, -0.25) is 9.59 Å². The molecule has 7 heteroatoms. The van der Waals surface area contributed by atoms with Gasteiger partial charge in [0, 0.05) is 22.8 Å². The quantitative estimate of drug-likeness (QED) is 0.612. The van der Waals surface area contributed by atoms with Crippen molar-refractivity contribution in [1.82, 2.24) is 10.5 Å². The predicted octanol–water partition coefficient (Wildman–Crippen LogP) is 2.88. The van der Waals surface area contributed by atoms with Crippen LogP contribution in [-0.2, 0) is 15.3 Å². The van der Waals surface area contributed by atoms with Crippen molar-refractivity contribution in [2.24, 2.45) is 0 Å². The van der Waals surface area contributed by atoms with Gasteiger partial charge in [-0.2, -0.15) is 0 Å². The van der Waals surface area contributed by atoms with Gasteiger partial charge in [0.2, 0.25) is 0 Å². The summed E-state index contributed by atoms with van der Waals surface area (Å²) < 4.78 is 9.72. The molecule has 0 saturated carbocycles. The molecule has 0 radical (unpaired) electrons. The van der Waals surface area contributed by atoms with Crippen LogP contribution in [0, 0.1) is 13.8 Å². The number of esters is 1. The Morgan fingerprint density at radius 1 is 1.29 bits per heavy atom. The second-order valence-electron chi connectivity index (χ2n) is 5.17. The van der Waals surface area contributed by atoms with Crippen molar-refractivity contribution in [3.8, 4) is 0 Å². The maximum atomic E-state index is 12.3. The highest BCUT2D eigenvalue weighted by Gasteiger charge is 2.14. The minimum atomic E-state index is -0.351. The Kier molecular flexibility index (Phi) is 6.43. The largest absolute Gasteiger partial charge is 0.469 e. The zero-order valence-electron chi connectivity index (χ0n) is 13.9. The van der Waals surface area contributed by atoms with Crippen molar-refractivity contribution in [3.05, 3.63) is 46.8 Å². The molecule has 1 aromatic carbocycles. The van der Waals surface area contributed by atoms with Crippen LogP contribution in [0.2, 0.25) is 0 Å². The third-order valence-electron chi connectivity index (χ3n) is 3.53. The van der Waals surface area contributed by atoms with Gasteiger partial charge in [-0.25, -0.2) is 0 Å². The van der Waals surface area contributed by atoms with Gasteiger partial charge in [0.15, 0.2) is 0 Å². The third-order valence-corrected chi connectivity index (χ3v) is 4.63. The Labute approximate surface area is 144 Å². The van der Waals surface area contributed by atoms with E-state index in [0.29, 0.717) is 11.3 Å². The fourth-order valence-electron chi connectivity index (χ4n) is 2.11. The lowest BCUT2D eigenvalue weighted by molar-refractivity contribution is -0.140. The van der Waals surface area contributed by atoms with Crippen molar-refractivity contribution in [2.45, 2.75) is 30.9 Å². The number of hydrogen-bond donors (Lipinski definition) is 1. The lowest BCUT2D eigenvalue weighted by atomic mass is 10.2. The number of carbonyl (C=O) groups excluding carboxylic acids is 2. The van der Waals surface area contributed by atoms with Crippen molar-refractivity contribution >= 4 is 23.6 Å². The number of aromatic nitrogens is 1. The van der Waals surface area contributed by atoms with Crippen LogP contribution in [0.3, 0.4) is 0 Å². The molecule has 1 amide bonds. The Bertz CT molecular complexity index is 708. The molecule has 1 aromatic heterocycles. The average molecular weight is 348 g/mol. The molecule has 24 heavy (non-hydrogen) atoms. The first-order chi connectivity index (χ1) is 11.5. The molecule has 0 unspecified atom stereocenters. The maximum Gasteiger partial charge on any atom is 0.307 e. The van der Waals surface area contributed by atoms with Gasteiger partial charge >= 0.3 is 5.97 Å². The lowest BCUT2D eigenvalue weighted by Gasteiger charge is -2.09. The van der Waals surface area contributed by atoms with Crippen LogP contribution in [0.4, 0.5) is 0 Å². The predicted molar refractivity (Wildman–Crippen MR) is 90.9 cm³/mol. The normalized spacial score (nSPS) is 10.5. The molecule has 0 aliphatic carbocycles. The van der Waals surface area contributed by atoms with E-state index in [1.165, 1.54) is 7.11 Å². The van der Waals surface area contributed by atoms with Gasteiger partial charge in [-0.1, -0.05) is 17.3 Å². The molecule has 0 aliphatic rings. The highest BCUT2D eigenvalue weighted by molar-refractivity contribution is 7.98. The van der Waals surface area contributed by atoms with E-state index >= 15 is 0 Å². The summed E-state index contributed by atoms with van der Waals surface area (Å²) in [7, 11) is 1.32. The summed E-state index contributed by atoms with van der Waals surface area (Å²) in [5.41, 5.74) is 2.49. The van der Waals surface area contributed by atoms with Gasteiger partial charge < -0.3 is 14.6 Å². The molecular formula is C17H20N2O4S. The summed E-state index contributed by atoms with van der Waals surface area (Å²) in [4.78, 5) is 24.3. The summed E-state index contributed by atoms with van der Waals surface area (Å²) in [5.74, 6) is 0.908. The fraction of sp³-hybridized carbons (Fsp3) is 0.353. The first kappa shape index (κ1) is 18.1. The van der Waals surface area contributed by atoms with Crippen LogP contribution < -0.4 is 5.32 Å². The van der Waals surface area contributed by atoms with Gasteiger partial charge in [0.25, 0.3) is 5.91 Å². The zero-order chi connectivity index (χ0) is 17.5. The molecule has 6 nitrogen and oxygen atoms in total. The number of thioether (sulfide) groups is 1. The molecular weight excluding hydrogens is 328 g/mol. The number of benzene rings is 1. The minimum absolute atomic E-state index is 0.149. The maximum absolute atomic E-state index is 12.3. The summed E-state index contributed by atoms with van der Waals surface area (Å²) in [6.45, 7) is 4.02. The van der Waals surface area contributed by atoms with Crippen molar-refractivity contribution in [2.75, 3.05) is 13.7 Å². The number of nitrogens with one attached hydrogen (secondary N) is 1. The molecule has 0 atom stereocenters. The topological polar surface area (TPSA) is 81.4 Å². The molecule has 0 spiro atoms. The molecule has 1 N–H and O–H groups in total. The standard InChI is InChI=1S/C17H20N2O4S/c1-11-14(12(2)23-19-11)10-24-15-7-5-4-6-13(15)17(21)18-9-8-16(20)22-3/h4-7H,8-10H2,1-3H3,(H,18,21). The summed E-state index contributed by atoms with van der Waals surface area (Å²) in [6, 6.07) is 7.37.